The van der Waals surface area contributed by atoms with Crippen LogP contribution in [0.4, 0.5) is 17.1 Å². The van der Waals surface area contributed by atoms with Crippen LogP contribution in [0.25, 0.3) is 0 Å². The second kappa shape index (κ2) is 8.17. The molecule has 3 rings (SSSR count). The Kier molecular flexibility index (Phi) is 5.72. The number of amides is 1. The van der Waals surface area contributed by atoms with Crippen molar-refractivity contribution in [3.05, 3.63) is 53.0 Å². The van der Waals surface area contributed by atoms with E-state index in [4.69, 9.17) is 4.74 Å². The minimum absolute atomic E-state index is 0.0788. The number of benzene rings is 2. The Hall–Kier alpha value is -2.05. The fourth-order valence-corrected chi connectivity index (χ4v) is 3.05. The average Bonchev–Trinajstić information content (AvgIpc) is 2.61. The summed E-state index contributed by atoms with van der Waals surface area (Å²) in [4.78, 5) is 14.4. The van der Waals surface area contributed by atoms with Crippen LogP contribution in [-0.2, 0) is 9.53 Å². The molecule has 1 amide bonds. The quantitative estimate of drug-likeness (QED) is 0.823. The summed E-state index contributed by atoms with van der Waals surface area (Å²) in [6.45, 7) is 3.41. The predicted octanol–water partition coefficient (Wildman–Crippen LogP) is 3.34. The smallest absolute Gasteiger partial charge is 0.243 e. The van der Waals surface area contributed by atoms with Crippen molar-refractivity contribution in [3.63, 3.8) is 0 Å². The fraction of sp³-hybridized carbons (Fsp3) is 0.278. The van der Waals surface area contributed by atoms with Gasteiger partial charge in [0.1, 0.15) is 0 Å². The Morgan fingerprint density at radius 3 is 2.71 bits per heavy atom. The summed E-state index contributed by atoms with van der Waals surface area (Å²) in [6.07, 6.45) is 0. The molecule has 6 heteroatoms. The second-order valence-electron chi connectivity index (χ2n) is 5.53. The lowest BCUT2D eigenvalue weighted by atomic mass is 10.2. The molecule has 0 aromatic heterocycles. The van der Waals surface area contributed by atoms with Crippen molar-refractivity contribution in [2.24, 2.45) is 0 Å². The maximum atomic E-state index is 12.2. The highest BCUT2D eigenvalue weighted by molar-refractivity contribution is 9.10. The van der Waals surface area contributed by atoms with Gasteiger partial charge in [-0.15, -0.1) is 0 Å². The van der Waals surface area contributed by atoms with Crippen LogP contribution >= 0.6 is 15.9 Å². The average molecular weight is 390 g/mol. The Morgan fingerprint density at radius 1 is 1.12 bits per heavy atom. The standard InChI is InChI=1S/C18H20BrN3O2/c19-14-4-3-5-15(12-14)21-18(23)13-20-16-6-1-2-7-17(16)22-8-10-24-11-9-22/h1-7,12,20H,8-11,13H2,(H,21,23). The van der Waals surface area contributed by atoms with E-state index in [2.05, 4.69) is 37.5 Å². The van der Waals surface area contributed by atoms with Crippen LogP contribution in [-0.4, -0.2) is 38.8 Å². The zero-order valence-corrected chi connectivity index (χ0v) is 14.9. The maximum absolute atomic E-state index is 12.2. The van der Waals surface area contributed by atoms with Crippen molar-refractivity contribution in [1.82, 2.24) is 0 Å². The molecule has 1 aliphatic rings. The summed E-state index contributed by atoms with van der Waals surface area (Å²) in [5.41, 5.74) is 2.84. The third-order valence-corrected chi connectivity index (χ3v) is 4.30. The van der Waals surface area contributed by atoms with Crippen LogP contribution in [0, 0.1) is 0 Å². The number of nitrogens with zero attached hydrogens (tertiary/aromatic N) is 1. The third kappa shape index (κ3) is 4.49. The molecule has 5 nitrogen and oxygen atoms in total. The first kappa shape index (κ1) is 16.8. The first-order chi connectivity index (χ1) is 11.7. The molecule has 24 heavy (non-hydrogen) atoms. The molecule has 1 fully saturated rings. The number of hydrogen-bond acceptors (Lipinski definition) is 4. The monoisotopic (exact) mass is 389 g/mol. The van der Waals surface area contributed by atoms with Crippen LogP contribution < -0.4 is 15.5 Å². The zero-order valence-electron chi connectivity index (χ0n) is 13.3. The third-order valence-electron chi connectivity index (χ3n) is 3.80. The van der Waals surface area contributed by atoms with Crippen molar-refractivity contribution in [1.29, 1.82) is 0 Å². The van der Waals surface area contributed by atoms with Gasteiger partial charge in [0.2, 0.25) is 5.91 Å². The Balaban J connectivity index is 1.61. The van der Waals surface area contributed by atoms with Crippen molar-refractivity contribution >= 4 is 38.9 Å². The number of ether oxygens (including phenoxy) is 1. The summed E-state index contributed by atoms with van der Waals surface area (Å²) in [7, 11) is 0. The molecule has 0 radical (unpaired) electrons. The van der Waals surface area contributed by atoms with E-state index < -0.39 is 0 Å². The maximum Gasteiger partial charge on any atom is 0.243 e. The number of anilines is 3. The van der Waals surface area contributed by atoms with Gasteiger partial charge in [0.25, 0.3) is 0 Å². The van der Waals surface area contributed by atoms with Gasteiger partial charge in [-0.25, -0.2) is 0 Å². The van der Waals surface area contributed by atoms with Crippen molar-refractivity contribution in [2.75, 3.05) is 48.4 Å². The molecular weight excluding hydrogens is 370 g/mol. The van der Waals surface area contributed by atoms with E-state index in [9.17, 15) is 4.79 Å². The summed E-state index contributed by atoms with van der Waals surface area (Å²) < 4.78 is 6.34. The summed E-state index contributed by atoms with van der Waals surface area (Å²) in [5.74, 6) is -0.0788. The number of morpholine rings is 1. The van der Waals surface area contributed by atoms with E-state index in [0.29, 0.717) is 0 Å². The van der Waals surface area contributed by atoms with E-state index in [1.54, 1.807) is 0 Å². The first-order valence-corrected chi connectivity index (χ1v) is 8.73. The van der Waals surface area contributed by atoms with Gasteiger partial charge >= 0.3 is 0 Å². The molecule has 0 unspecified atom stereocenters. The van der Waals surface area contributed by atoms with Gasteiger partial charge in [-0.3, -0.25) is 4.79 Å². The predicted molar refractivity (Wildman–Crippen MR) is 101 cm³/mol. The highest BCUT2D eigenvalue weighted by atomic mass is 79.9. The molecule has 2 N–H and O–H groups in total. The number of halogens is 1. The molecule has 2 aromatic rings. The highest BCUT2D eigenvalue weighted by Gasteiger charge is 2.14. The largest absolute Gasteiger partial charge is 0.378 e. The molecule has 1 heterocycles. The number of carbonyl (C=O) groups excluding carboxylic acids is 1. The second-order valence-corrected chi connectivity index (χ2v) is 6.44. The summed E-state index contributed by atoms with van der Waals surface area (Å²) in [5, 5.41) is 6.13. The van der Waals surface area contributed by atoms with Gasteiger partial charge in [0.15, 0.2) is 0 Å². The molecule has 126 valence electrons. The molecule has 1 saturated heterocycles. The molecule has 0 atom stereocenters. The van der Waals surface area contributed by atoms with E-state index in [-0.39, 0.29) is 12.5 Å². The molecule has 0 spiro atoms. The molecular formula is C18H20BrN3O2. The van der Waals surface area contributed by atoms with Gasteiger partial charge in [-0.2, -0.15) is 0 Å². The van der Waals surface area contributed by atoms with Crippen molar-refractivity contribution in [3.8, 4) is 0 Å². The van der Waals surface area contributed by atoms with E-state index in [0.717, 1.165) is 47.8 Å². The van der Waals surface area contributed by atoms with Crippen LogP contribution in [0.1, 0.15) is 0 Å². The number of nitrogens with one attached hydrogen (secondary N) is 2. The van der Waals surface area contributed by atoms with Crippen LogP contribution in [0.3, 0.4) is 0 Å². The molecule has 0 saturated carbocycles. The van der Waals surface area contributed by atoms with Crippen molar-refractivity contribution in [2.45, 2.75) is 0 Å². The zero-order chi connectivity index (χ0) is 16.8. The number of carbonyl (C=O) groups is 1. The van der Waals surface area contributed by atoms with Gasteiger partial charge in [-0.05, 0) is 30.3 Å². The first-order valence-electron chi connectivity index (χ1n) is 7.93. The normalized spacial score (nSPS) is 14.3. The molecule has 2 aromatic carbocycles. The minimum Gasteiger partial charge on any atom is -0.378 e. The highest BCUT2D eigenvalue weighted by Crippen LogP contribution is 2.26. The molecule has 0 aliphatic carbocycles. The van der Waals surface area contributed by atoms with Crippen LogP contribution in [0.2, 0.25) is 0 Å². The van der Waals surface area contributed by atoms with E-state index in [1.807, 2.05) is 42.5 Å². The van der Waals surface area contributed by atoms with Gasteiger partial charge < -0.3 is 20.3 Å². The van der Waals surface area contributed by atoms with Gasteiger partial charge in [-0.1, -0.05) is 34.1 Å². The fourth-order valence-electron chi connectivity index (χ4n) is 2.65. The van der Waals surface area contributed by atoms with Crippen molar-refractivity contribution < 1.29 is 9.53 Å². The lowest BCUT2D eigenvalue weighted by Crippen LogP contribution is -2.36. The Morgan fingerprint density at radius 2 is 1.92 bits per heavy atom. The number of rotatable bonds is 5. The molecule has 1 aliphatic heterocycles. The SMILES string of the molecule is O=C(CNc1ccccc1N1CCOCC1)Nc1cccc(Br)c1. The lowest BCUT2D eigenvalue weighted by molar-refractivity contribution is -0.114. The lowest BCUT2D eigenvalue weighted by Gasteiger charge is -2.30. The number of para-hydroxylation sites is 2. The van der Waals surface area contributed by atoms with Gasteiger partial charge in [0, 0.05) is 23.2 Å². The van der Waals surface area contributed by atoms with Crippen LogP contribution in [0.5, 0.6) is 0 Å². The Labute approximate surface area is 150 Å². The van der Waals surface area contributed by atoms with Gasteiger partial charge in [0.05, 0.1) is 31.1 Å². The van der Waals surface area contributed by atoms with E-state index in [1.165, 1.54) is 0 Å². The Bertz CT molecular complexity index is 702. The number of hydrogen-bond donors (Lipinski definition) is 2. The topological polar surface area (TPSA) is 53.6 Å². The summed E-state index contributed by atoms with van der Waals surface area (Å²) in [6, 6.07) is 15.6. The molecule has 0 bridgehead atoms. The van der Waals surface area contributed by atoms with Crippen LogP contribution in [0.15, 0.2) is 53.0 Å². The minimum atomic E-state index is -0.0788. The summed E-state index contributed by atoms with van der Waals surface area (Å²) >= 11 is 3.40. The van der Waals surface area contributed by atoms with E-state index >= 15 is 0 Å².